The lowest BCUT2D eigenvalue weighted by molar-refractivity contribution is -0.422. The largest absolute Gasteiger partial charge is 0.369 e. The van der Waals surface area contributed by atoms with Crippen LogP contribution in [0, 0.1) is 27.2 Å². The number of nitro benzene ring substituents is 2. The van der Waals surface area contributed by atoms with E-state index in [0.29, 0.717) is 19.0 Å². The molecule has 1 aromatic carbocycles. The van der Waals surface area contributed by atoms with E-state index in [9.17, 15) is 20.2 Å². The zero-order valence-corrected chi connectivity index (χ0v) is 12.1. The highest BCUT2D eigenvalue weighted by molar-refractivity contribution is 6.18. The molecule has 0 aliphatic rings. The van der Waals surface area contributed by atoms with Crippen molar-refractivity contribution < 1.29 is 9.85 Å². The molecule has 0 saturated heterocycles. The van der Waals surface area contributed by atoms with Crippen molar-refractivity contribution in [2.45, 2.75) is 20.3 Å². The Balaban J connectivity index is 3.49. The van der Waals surface area contributed by atoms with Crippen molar-refractivity contribution in [1.82, 2.24) is 0 Å². The van der Waals surface area contributed by atoms with Gasteiger partial charge in [-0.25, -0.2) is 0 Å². The van der Waals surface area contributed by atoms with Gasteiger partial charge in [0.25, 0.3) is 0 Å². The topological polar surface area (TPSA) is 89.5 Å². The monoisotopic (exact) mass is 301 g/mol. The number of aryl methyl sites for hydroxylation is 1. The van der Waals surface area contributed by atoms with Gasteiger partial charge in [0.15, 0.2) is 0 Å². The van der Waals surface area contributed by atoms with Crippen LogP contribution in [0.2, 0.25) is 0 Å². The summed E-state index contributed by atoms with van der Waals surface area (Å²) in [5, 5.41) is 22.3. The van der Waals surface area contributed by atoms with Crippen LogP contribution < -0.4 is 4.90 Å². The fraction of sp³-hybridized carbons (Fsp3) is 0.500. The Kier molecular flexibility index (Phi) is 5.69. The first kappa shape index (κ1) is 16.2. The zero-order valence-electron chi connectivity index (χ0n) is 11.3. The SMILES string of the molecule is CCCN(CCCl)c1ccc(C)c([N+](=O)[O-])c1[N+](=O)[O-]. The van der Waals surface area contributed by atoms with Gasteiger partial charge < -0.3 is 4.90 Å². The lowest BCUT2D eigenvalue weighted by Crippen LogP contribution is -2.27. The van der Waals surface area contributed by atoms with Crippen LogP contribution in [0.5, 0.6) is 0 Å². The Hall–Kier alpha value is -1.89. The van der Waals surface area contributed by atoms with Crippen LogP contribution in [0.3, 0.4) is 0 Å². The van der Waals surface area contributed by atoms with Gasteiger partial charge in [-0.3, -0.25) is 20.2 Å². The molecule has 1 aromatic rings. The van der Waals surface area contributed by atoms with Crippen molar-refractivity contribution in [1.29, 1.82) is 0 Å². The summed E-state index contributed by atoms with van der Waals surface area (Å²) in [4.78, 5) is 22.7. The molecule has 0 aliphatic heterocycles. The highest BCUT2D eigenvalue weighted by Crippen LogP contribution is 2.39. The Morgan fingerprint density at radius 2 is 1.75 bits per heavy atom. The predicted molar refractivity (Wildman–Crippen MR) is 77.7 cm³/mol. The molecule has 0 heterocycles. The van der Waals surface area contributed by atoms with Crippen LogP contribution in [0.4, 0.5) is 17.1 Å². The van der Waals surface area contributed by atoms with Gasteiger partial charge in [-0.1, -0.05) is 6.92 Å². The fourth-order valence-corrected chi connectivity index (χ4v) is 2.26. The van der Waals surface area contributed by atoms with Crippen LogP contribution in [0.25, 0.3) is 0 Å². The molecule has 7 nitrogen and oxygen atoms in total. The number of hydrogen-bond donors (Lipinski definition) is 0. The number of anilines is 1. The first-order valence-electron chi connectivity index (χ1n) is 6.17. The molecule has 0 N–H and O–H groups in total. The molecular weight excluding hydrogens is 286 g/mol. The van der Waals surface area contributed by atoms with Crippen LogP contribution in [-0.4, -0.2) is 28.8 Å². The summed E-state index contributed by atoms with van der Waals surface area (Å²) in [6, 6.07) is 3.07. The molecule has 1 rings (SSSR count). The minimum absolute atomic E-state index is 0.245. The summed E-state index contributed by atoms with van der Waals surface area (Å²) in [7, 11) is 0. The maximum absolute atomic E-state index is 11.3. The van der Waals surface area contributed by atoms with Crippen molar-refractivity contribution in [2.75, 3.05) is 23.9 Å². The molecular formula is C12H16ClN3O4. The minimum atomic E-state index is -0.707. The number of alkyl halides is 1. The van der Waals surface area contributed by atoms with E-state index < -0.39 is 21.2 Å². The molecule has 0 unspecified atom stereocenters. The maximum atomic E-state index is 11.3. The second-order valence-corrected chi connectivity index (χ2v) is 4.67. The van der Waals surface area contributed by atoms with Crippen LogP contribution >= 0.6 is 11.6 Å². The van der Waals surface area contributed by atoms with E-state index in [0.717, 1.165) is 6.42 Å². The predicted octanol–water partition coefficient (Wildman–Crippen LogP) is 3.27. The number of benzene rings is 1. The van der Waals surface area contributed by atoms with Crippen molar-refractivity contribution >= 4 is 28.7 Å². The Morgan fingerprint density at radius 1 is 1.15 bits per heavy atom. The lowest BCUT2D eigenvalue weighted by Gasteiger charge is -2.23. The molecule has 20 heavy (non-hydrogen) atoms. The van der Waals surface area contributed by atoms with Crippen LogP contribution in [-0.2, 0) is 0 Å². The first-order valence-corrected chi connectivity index (χ1v) is 6.70. The van der Waals surface area contributed by atoms with Crippen molar-refractivity contribution in [3.8, 4) is 0 Å². The quantitative estimate of drug-likeness (QED) is 0.438. The van der Waals surface area contributed by atoms with Crippen molar-refractivity contribution in [3.63, 3.8) is 0 Å². The summed E-state index contributed by atoms with van der Waals surface area (Å²) >= 11 is 5.70. The van der Waals surface area contributed by atoms with E-state index in [1.165, 1.54) is 13.0 Å². The van der Waals surface area contributed by atoms with E-state index >= 15 is 0 Å². The number of hydrogen-bond acceptors (Lipinski definition) is 5. The molecule has 0 aliphatic carbocycles. The number of halogens is 1. The molecule has 0 radical (unpaired) electrons. The molecule has 8 heteroatoms. The minimum Gasteiger partial charge on any atom is -0.365 e. The number of rotatable bonds is 7. The third kappa shape index (κ3) is 3.36. The average molecular weight is 302 g/mol. The molecule has 0 bridgehead atoms. The third-order valence-electron chi connectivity index (χ3n) is 2.89. The van der Waals surface area contributed by atoms with E-state index in [2.05, 4.69) is 0 Å². The number of nitro groups is 2. The second kappa shape index (κ2) is 7.04. The van der Waals surface area contributed by atoms with E-state index in [1.54, 1.807) is 11.0 Å². The summed E-state index contributed by atoms with van der Waals surface area (Å²) < 4.78 is 0. The van der Waals surface area contributed by atoms with Gasteiger partial charge in [-0.2, -0.15) is 0 Å². The average Bonchev–Trinajstić information content (AvgIpc) is 2.37. The van der Waals surface area contributed by atoms with Gasteiger partial charge in [0.05, 0.1) is 9.85 Å². The van der Waals surface area contributed by atoms with Gasteiger partial charge in [-0.15, -0.1) is 11.6 Å². The first-order chi connectivity index (χ1) is 9.43. The van der Waals surface area contributed by atoms with Gasteiger partial charge in [0.1, 0.15) is 5.69 Å². The summed E-state index contributed by atoms with van der Waals surface area (Å²) in [6.07, 6.45) is 0.760. The third-order valence-corrected chi connectivity index (χ3v) is 3.05. The lowest BCUT2D eigenvalue weighted by atomic mass is 10.1. The molecule has 0 spiro atoms. The molecule has 0 aromatic heterocycles. The fourth-order valence-electron chi connectivity index (χ4n) is 2.06. The van der Waals surface area contributed by atoms with E-state index in [-0.39, 0.29) is 11.3 Å². The molecule has 0 saturated carbocycles. The second-order valence-electron chi connectivity index (χ2n) is 4.29. The molecule has 0 fully saturated rings. The Bertz CT molecular complexity index is 516. The highest BCUT2D eigenvalue weighted by atomic mass is 35.5. The van der Waals surface area contributed by atoms with Crippen molar-refractivity contribution in [3.05, 3.63) is 37.9 Å². The van der Waals surface area contributed by atoms with E-state index in [4.69, 9.17) is 11.6 Å². The molecule has 0 amide bonds. The summed E-state index contributed by atoms with van der Waals surface area (Å²) in [5.41, 5.74) is -0.403. The summed E-state index contributed by atoms with van der Waals surface area (Å²) in [6.45, 7) is 4.36. The van der Waals surface area contributed by atoms with E-state index in [1.807, 2.05) is 6.92 Å². The normalized spacial score (nSPS) is 10.3. The van der Waals surface area contributed by atoms with Gasteiger partial charge >= 0.3 is 11.4 Å². The van der Waals surface area contributed by atoms with Crippen LogP contribution in [0.1, 0.15) is 18.9 Å². The summed E-state index contributed by atoms with van der Waals surface area (Å²) in [5.74, 6) is 0.291. The van der Waals surface area contributed by atoms with Gasteiger partial charge in [-0.05, 0) is 25.5 Å². The smallest absolute Gasteiger partial charge is 0.365 e. The van der Waals surface area contributed by atoms with Gasteiger partial charge in [0.2, 0.25) is 0 Å². The standard InChI is InChI=1S/C12H16ClN3O4/c1-3-7-14(8-6-13)10-5-4-9(2)11(15(17)18)12(10)16(19)20/h4-5H,3,6-8H2,1-2H3. The maximum Gasteiger partial charge on any atom is 0.369 e. The van der Waals surface area contributed by atoms with Gasteiger partial charge in [0, 0.05) is 24.5 Å². The number of nitrogens with zero attached hydrogens (tertiary/aromatic N) is 3. The highest BCUT2D eigenvalue weighted by Gasteiger charge is 2.32. The van der Waals surface area contributed by atoms with Crippen LogP contribution in [0.15, 0.2) is 12.1 Å². The molecule has 110 valence electrons. The van der Waals surface area contributed by atoms with Crippen molar-refractivity contribution in [2.24, 2.45) is 0 Å². The molecule has 0 atom stereocenters. The Morgan fingerprint density at radius 3 is 2.20 bits per heavy atom. The zero-order chi connectivity index (χ0) is 15.3. The Labute approximate surface area is 121 Å².